The predicted octanol–water partition coefficient (Wildman–Crippen LogP) is 1.31. The summed E-state index contributed by atoms with van der Waals surface area (Å²) < 4.78 is 24.6. The van der Waals surface area contributed by atoms with Gasteiger partial charge in [-0.2, -0.15) is 0 Å². The lowest BCUT2D eigenvalue weighted by Crippen LogP contribution is -2.27. The van der Waals surface area contributed by atoms with Crippen LogP contribution in [0, 0.1) is 0 Å². The number of para-hydroxylation sites is 1. The van der Waals surface area contributed by atoms with Crippen molar-refractivity contribution in [3.05, 3.63) is 29.8 Å². The first-order valence-electron chi connectivity index (χ1n) is 5.23. The summed E-state index contributed by atoms with van der Waals surface area (Å²) in [5, 5.41) is 0. The van der Waals surface area contributed by atoms with E-state index in [1.54, 1.807) is 0 Å². The van der Waals surface area contributed by atoms with E-state index in [1.165, 1.54) is 0 Å². The van der Waals surface area contributed by atoms with Gasteiger partial charge in [-0.25, -0.2) is 13.1 Å². The van der Waals surface area contributed by atoms with Crippen LogP contribution in [0.4, 0.5) is 5.69 Å². The van der Waals surface area contributed by atoms with Crippen molar-refractivity contribution in [3.63, 3.8) is 0 Å². The minimum absolute atomic E-state index is 0.121. The Morgan fingerprint density at radius 2 is 2.00 bits per heavy atom. The highest BCUT2D eigenvalue weighted by Gasteiger charge is 2.13. The van der Waals surface area contributed by atoms with Crippen molar-refractivity contribution in [2.24, 2.45) is 0 Å². The summed E-state index contributed by atoms with van der Waals surface area (Å²) >= 11 is 0. The Kier molecular flexibility index (Phi) is 4.32. The maximum atomic E-state index is 11.0. The Hall–Kier alpha value is -1.07. The van der Waals surface area contributed by atoms with Gasteiger partial charge in [-0.3, -0.25) is 0 Å². The third-order valence-corrected chi connectivity index (χ3v) is 3.21. The minimum atomic E-state index is -3.14. The Balaban J connectivity index is 2.79. The van der Waals surface area contributed by atoms with Gasteiger partial charge in [-0.05, 0) is 24.0 Å². The van der Waals surface area contributed by atoms with Crippen LogP contribution in [0.5, 0.6) is 0 Å². The molecule has 3 N–H and O–H groups in total. The molecule has 1 aromatic carbocycles. The molecule has 5 heteroatoms. The minimum Gasteiger partial charge on any atom is -0.398 e. The second-order valence-corrected chi connectivity index (χ2v) is 5.69. The predicted molar refractivity (Wildman–Crippen MR) is 66.7 cm³/mol. The van der Waals surface area contributed by atoms with Crippen LogP contribution in [0.2, 0.25) is 0 Å². The number of hydrogen-bond acceptors (Lipinski definition) is 3. The van der Waals surface area contributed by atoms with Crippen molar-refractivity contribution in [2.75, 3.05) is 18.5 Å². The summed E-state index contributed by atoms with van der Waals surface area (Å²) in [6, 6.07) is 7.55. The van der Waals surface area contributed by atoms with E-state index in [0.717, 1.165) is 18.2 Å². The van der Waals surface area contributed by atoms with Crippen LogP contribution in [0.15, 0.2) is 24.3 Å². The third-order valence-electron chi connectivity index (χ3n) is 2.52. The lowest BCUT2D eigenvalue weighted by atomic mass is 9.95. The molecular formula is C11H18N2O2S. The highest BCUT2D eigenvalue weighted by atomic mass is 32.2. The smallest absolute Gasteiger partial charge is 0.208 e. The van der Waals surface area contributed by atoms with Crippen LogP contribution >= 0.6 is 0 Å². The van der Waals surface area contributed by atoms with Gasteiger partial charge in [0.2, 0.25) is 10.0 Å². The van der Waals surface area contributed by atoms with Crippen LogP contribution in [0.25, 0.3) is 0 Å². The monoisotopic (exact) mass is 242 g/mol. The van der Waals surface area contributed by atoms with E-state index in [1.807, 2.05) is 31.2 Å². The van der Waals surface area contributed by atoms with Gasteiger partial charge in [-0.15, -0.1) is 0 Å². The van der Waals surface area contributed by atoms with Gasteiger partial charge < -0.3 is 5.73 Å². The van der Waals surface area contributed by atoms with E-state index in [0.29, 0.717) is 12.2 Å². The molecule has 0 aliphatic heterocycles. The summed E-state index contributed by atoms with van der Waals surface area (Å²) in [7, 11) is -3.14. The lowest BCUT2D eigenvalue weighted by Gasteiger charge is -2.17. The van der Waals surface area contributed by atoms with Crippen LogP contribution in [-0.2, 0) is 10.0 Å². The topological polar surface area (TPSA) is 72.2 Å². The van der Waals surface area contributed by atoms with E-state index in [9.17, 15) is 8.42 Å². The quantitative estimate of drug-likeness (QED) is 0.765. The summed E-state index contributed by atoms with van der Waals surface area (Å²) in [5.41, 5.74) is 7.57. The van der Waals surface area contributed by atoms with Gasteiger partial charge in [0.1, 0.15) is 0 Å². The fourth-order valence-electron chi connectivity index (χ4n) is 1.61. The summed E-state index contributed by atoms with van der Waals surface area (Å²) in [4.78, 5) is 0. The molecule has 0 amide bonds. The molecule has 4 nitrogen and oxygen atoms in total. The van der Waals surface area contributed by atoms with Crippen LogP contribution in [0.3, 0.4) is 0 Å². The molecule has 0 bridgehead atoms. The highest BCUT2D eigenvalue weighted by Crippen LogP contribution is 2.24. The maximum absolute atomic E-state index is 11.0. The fraction of sp³-hybridized carbons (Fsp3) is 0.455. The largest absolute Gasteiger partial charge is 0.398 e. The number of rotatable bonds is 5. The van der Waals surface area contributed by atoms with Crippen molar-refractivity contribution in [3.8, 4) is 0 Å². The van der Waals surface area contributed by atoms with E-state index < -0.39 is 10.0 Å². The van der Waals surface area contributed by atoms with Crippen molar-refractivity contribution in [1.29, 1.82) is 0 Å². The second-order valence-electron chi connectivity index (χ2n) is 3.85. The number of nitrogen functional groups attached to an aromatic ring is 1. The van der Waals surface area contributed by atoms with Crippen LogP contribution in [0.1, 0.15) is 24.8 Å². The average Bonchev–Trinajstić information content (AvgIpc) is 2.20. The first-order chi connectivity index (χ1) is 7.44. The molecule has 1 unspecified atom stereocenters. The van der Waals surface area contributed by atoms with Crippen LogP contribution in [-0.4, -0.2) is 21.2 Å². The SMILES string of the molecule is CCC(CNS(C)(=O)=O)c1ccccc1N. The first kappa shape index (κ1) is 13.0. The number of nitrogens with one attached hydrogen (secondary N) is 1. The van der Waals surface area contributed by atoms with Gasteiger partial charge in [0.15, 0.2) is 0 Å². The van der Waals surface area contributed by atoms with E-state index >= 15 is 0 Å². The first-order valence-corrected chi connectivity index (χ1v) is 7.12. The molecule has 90 valence electrons. The zero-order chi connectivity index (χ0) is 12.2. The summed E-state index contributed by atoms with van der Waals surface area (Å²) in [6.45, 7) is 2.41. The van der Waals surface area contributed by atoms with E-state index in [2.05, 4.69) is 4.72 Å². The number of anilines is 1. The molecule has 1 aromatic rings. The zero-order valence-electron chi connectivity index (χ0n) is 9.60. The summed E-state index contributed by atoms with van der Waals surface area (Å²) in [5.74, 6) is 0.121. The molecule has 0 heterocycles. The summed E-state index contributed by atoms with van der Waals surface area (Å²) in [6.07, 6.45) is 2.00. The molecule has 0 saturated heterocycles. The van der Waals surface area contributed by atoms with Crippen molar-refractivity contribution < 1.29 is 8.42 Å². The number of hydrogen-bond donors (Lipinski definition) is 2. The molecule has 0 radical (unpaired) electrons. The Labute approximate surface area is 96.9 Å². The lowest BCUT2D eigenvalue weighted by molar-refractivity contribution is 0.572. The van der Waals surface area contributed by atoms with Crippen LogP contribution < -0.4 is 10.5 Å². The van der Waals surface area contributed by atoms with E-state index in [4.69, 9.17) is 5.73 Å². The van der Waals surface area contributed by atoms with Crippen molar-refractivity contribution in [2.45, 2.75) is 19.3 Å². The van der Waals surface area contributed by atoms with Gasteiger partial charge in [0.05, 0.1) is 6.26 Å². The van der Waals surface area contributed by atoms with Gasteiger partial charge in [-0.1, -0.05) is 25.1 Å². The van der Waals surface area contributed by atoms with Gasteiger partial charge in [0.25, 0.3) is 0 Å². The third kappa shape index (κ3) is 3.83. The Bertz CT molecular complexity index is 443. The zero-order valence-corrected chi connectivity index (χ0v) is 10.4. The Morgan fingerprint density at radius 1 is 1.38 bits per heavy atom. The number of nitrogens with two attached hydrogens (primary N) is 1. The number of benzene rings is 1. The molecule has 1 atom stereocenters. The maximum Gasteiger partial charge on any atom is 0.208 e. The normalized spacial score (nSPS) is 13.6. The molecule has 1 rings (SSSR count). The average molecular weight is 242 g/mol. The van der Waals surface area contributed by atoms with Gasteiger partial charge >= 0.3 is 0 Å². The molecule has 0 fully saturated rings. The second kappa shape index (κ2) is 5.32. The Morgan fingerprint density at radius 3 is 2.50 bits per heavy atom. The molecule has 0 spiro atoms. The molecule has 0 aliphatic rings. The highest BCUT2D eigenvalue weighted by molar-refractivity contribution is 7.88. The van der Waals surface area contributed by atoms with Crippen molar-refractivity contribution >= 4 is 15.7 Å². The van der Waals surface area contributed by atoms with Gasteiger partial charge in [0, 0.05) is 12.2 Å². The number of sulfonamides is 1. The molecule has 0 aliphatic carbocycles. The molecule has 0 aromatic heterocycles. The van der Waals surface area contributed by atoms with Crippen molar-refractivity contribution in [1.82, 2.24) is 4.72 Å². The fourth-order valence-corrected chi connectivity index (χ4v) is 2.11. The molecule has 16 heavy (non-hydrogen) atoms. The standard InChI is InChI=1S/C11H18N2O2S/c1-3-9(8-13-16(2,14)15)10-6-4-5-7-11(10)12/h4-7,9,13H,3,8,12H2,1-2H3. The molecular weight excluding hydrogens is 224 g/mol. The van der Waals surface area contributed by atoms with E-state index in [-0.39, 0.29) is 5.92 Å². The molecule has 0 saturated carbocycles.